The van der Waals surface area contributed by atoms with E-state index in [0.717, 1.165) is 49.3 Å². The van der Waals surface area contributed by atoms with E-state index in [-0.39, 0.29) is 11.6 Å². The molecule has 1 unspecified atom stereocenters. The Morgan fingerprint density at radius 2 is 1.65 bits per heavy atom. The van der Waals surface area contributed by atoms with Crippen molar-refractivity contribution in [2.24, 2.45) is 5.92 Å². The summed E-state index contributed by atoms with van der Waals surface area (Å²) in [6.07, 6.45) is 7.97. The predicted octanol–water partition coefficient (Wildman–Crippen LogP) is 9.20. The fourth-order valence-corrected chi connectivity index (χ4v) is 4.08. The lowest BCUT2D eigenvalue weighted by Gasteiger charge is -2.19. The minimum Gasteiger partial charge on any atom is -0.494 e. The number of benzene rings is 2. The number of rotatable bonds is 14. The van der Waals surface area contributed by atoms with Gasteiger partial charge in [0.25, 0.3) is 0 Å². The first kappa shape index (κ1) is 33.1. The van der Waals surface area contributed by atoms with E-state index in [2.05, 4.69) is 62.1 Å². The largest absolute Gasteiger partial charge is 0.494 e. The second-order valence-electron chi connectivity index (χ2n) is 11.7. The fourth-order valence-electron chi connectivity index (χ4n) is 4.08. The van der Waals surface area contributed by atoms with Gasteiger partial charge in [-0.1, -0.05) is 76.0 Å². The summed E-state index contributed by atoms with van der Waals surface area (Å²) in [7, 11) is 0. The molecular weight excluding hydrogens is 500 g/mol. The van der Waals surface area contributed by atoms with E-state index in [9.17, 15) is 4.79 Å². The van der Waals surface area contributed by atoms with Crippen LogP contribution in [-0.4, -0.2) is 28.3 Å². The summed E-state index contributed by atoms with van der Waals surface area (Å²) < 4.78 is 16.5. The Morgan fingerprint density at radius 1 is 0.950 bits per heavy atom. The van der Waals surface area contributed by atoms with Crippen molar-refractivity contribution in [3.05, 3.63) is 66.1 Å². The number of aromatic nitrogens is 2. The van der Waals surface area contributed by atoms with Crippen LogP contribution in [0.4, 0.5) is 0 Å². The lowest BCUT2D eigenvalue weighted by molar-refractivity contribution is -0.155. The molecule has 40 heavy (non-hydrogen) atoms. The maximum atomic E-state index is 11.1. The molecule has 0 saturated heterocycles. The smallest absolute Gasteiger partial charge is 0.306 e. The minimum atomic E-state index is -0.339. The van der Waals surface area contributed by atoms with E-state index in [1.165, 1.54) is 18.4 Å². The Hall–Kier alpha value is -3.15. The van der Waals surface area contributed by atoms with Gasteiger partial charge in [-0.3, -0.25) is 4.79 Å². The summed E-state index contributed by atoms with van der Waals surface area (Å²) in [6.45, 7) is 15.0. The van der Waals surface area contributed by atoms with Crippen molar-refractivity contribution >= 4 is 5.97 Å². The molecule has 0 aliphatic heterocycles. The number of nitrogens with zero attached hydrogens (tertiary/aromatic N) is 2. The van der Waals surface area contributed by atoms with Gasteiger partial charge in [0.15, 0.2) is 0 Å². The van der Waals surface area contributed by atoms with E-state index in [1.54, 1.807) is 0 Å². The molecule has 2 aromatic carbocycles. The topological polar surface area (TPSA) is 74.5 Å². The highest BCUT2D eigenvalue weighted by Gasteiger charge is 2.18. The Kier molecular flexibility index (Phi) is 14.5. The standard InChI is InChI=1S/C24H30N2O2.C10H20O2/c1-3-5-13-20(4-2)24-25-23(26-28-24)21-14-16-22(17-15-21)27-18-9-12-19-10-7-6-8-11-19;1-8(2)6-7-9(11)12-10(3,4)5/h6-8,10-11,14-17,20H,3-5,9,12-13,18H2,1-2H3;8H,6-7H2,1-5H3. The van der Waals surface area contributed by atoms with Gasteiger partial charge in [-0.2, -0.15) is 4.98 Å². The van der Waals surface area contributed by atoms with Crippen LogP contribution in [0.1, 0.15) is 111 Å². The molecule has 1 atom stereocenters. The van der Waals surface area contributed by atoms with Crippen LogP contribution in [0.3, 0.4) is 0 Å². The molecule has 6 heteroatoms. The normalized spacial score (nSPS) is 12.0. The molecule has 1 aromatic heterocycles. The van der Waals surface area contributed by atoms with Crippen molar-refractivity contribution in [2.75, 3.05) is 6.61 Å². The monoisotopic (exact) mass is 550 g/mol. The molecule has 0 aliphatic carbocycles. The van der Waals surface area contributed by atoms with Crippen LogP contribution in [-0.2, 0) is 16.0 Å². The Morgan fingerprint density at radius 3 is 2.25 bits per heavy atom. The lowest BCUT2D eigenvalue weighted by atomic mass is 9.99. The van der Waals surface area contributed by atoms with Crippen LogP contribution in [0.25, 0.3) is 11.4 Å². The molecule has 220 valence electrons. The van der Waals surface area contributed by atoms with Gasteiger partial charge in [0.2, 0.25) is 11.7 Å². The van der Waals surface area contributed by atoms with Crippen LogP contribution in [0.2, 0.25) is 0 Å². The van der Waals surface area contributed by atoms with Crippen molar-refractivity contribution in [2.45, 2.75) is 111 Å². The summed E-state index contributed by atoms with van der Waals surface area (Å²) in [6, 6.07) is 18.4. The summed E-state index contributed by atoms with van der Waals surface area (Å²) in [5.41, 5.74) is 1.96. The third-order valence-electron chi connectivity index (χ3n) is 6.37. The lowest BCUT2D eigenvalue weighted by Crippen LogP contribution is -2.23. The molecular formula is C34H50N2O4. The number of unbranched alkanes of at least 4 members (excludes halogenated alkanes) is 1. The van der Waals surface area contributed by atoms with Crippen molar-refractivity contribution < 1.29 is 18.8 Å². The third kappa shape index (κ3) is 13.3. The highest BCUT2D eigenvalue weighted by molar-refractivity contribution is 5.69. The number of carbonyl (C=O) groups is 1. The van der Waals surface area contributed by atoms with Crippen LogP contribution in [0.5, 0.6) is 5.75 Å². The van der Waals surface area contributed by atoms with E-state index in [0.29, 0.717) is 30.7 Å². The SMILES string of the molecule is CC(C)CCC(=O)OC(C)(C)C.CCCCC(CC)c1nc(-c2ccc(OCCCc3ccccc3)cc2)no1. The number of aryl methyl sites for hydroxylation is 1. The number of hydrogen-bond acceptors (Lipinski definition) is 6. The molecule has 3 aromatic rings. The number of esters is 1. The van der Waals surface area contributed by atoms with Gasteiger partial charge in [0.05, 0.1) is 6.61 Å². The van der Waals surface area contributed by atoms with Crippen LogP contribution < -0.4 is 4.74 Å². The van der Waals surface area contributed by atoms with Gasteiger partial charge < -0.3 is 14.0 Å². The molecule has 0 spiro atoms. The maximum absolute atomic E-state index is 11.1. The average Bonchev–Trinajstić information content (AvgIpc) is 3.41. The number of carbonyl (C=O) groups excluding carboxylic acids is 1. The molecule has 0 saturated carbocycles. The Labute approximate surface area is 241 Å². The number of ether oxygens (including phenoxy) is 2. The van der Waals surface area contributed by atoms with Gasteiger partial charge >= 0.3 is 5.97 Å². The van der Waals surface area contributed by atoms with Gasteiger partial charge in [-0.25, -0.2) is 0 Å². The van der Waals surface area contributed by atoms with Gasteiger partial charge in [0, 0.05) is 17.9 Å². The van der Waals surface area contributed by atoms with Gasteiger partial charge in [-0.15, -0.1) is 0 Å². The van der Waals surface area contributed by atoms with Gasteiger partial charge in [0.1, 0.15) is 11.4 Å². The zero-order valence-corrected chi connectivity index (χ0v) is 25.7. The fraction of sp³-hybridized carbons (Fsp3) is 0.559. The molecule has 0 aliphatic rings. The molecule has 0 bridgehead atoms. The van der Waals surface area contributed by atoms with Crippen molar-refractivity contribution in [1.29, 1.82) is 0 Å². The highest BCUT2D eigenvalue weighted by atomic mass is 16.6. The van der Waals surface area contributed by atoms with E-state index in [1.807, 2.05) is 51.1 Å². The quantitative estimate of drug-likeness (QED) is 0.147. The summed E-state index contributed by atoms with van der Waals surface area (Å²) in [5, 5.41) is 4.18. The first-order valence-corrected chi connectivity index (χ1v) is 14.9. The van der Waals surface area contributed by atoms with Crippen LogP contribution in [0, 0.1) is 5.92 Å². The van der Waals surface area contributed by atoms with Crippen LogP contribution in [0.15, 0.2) is 59.1 Å². The second-order valence-corrected chi connectivity index (χ2v) is 11.7. The van der Waals surface area contributed by atoms with Crippen LogP contribution >= 0.6 is 0 Å². The summed E-state index contributed by atoms with van der Waals surface area (Å²) >= 11 is 0. The van der Waals surface area contributed by atoms with E-state index < -0.39 is 0 Å². The molecule has 6 nitrogen and oxygen atoms in total. The highest BCUT2D eigenvalue weighted by Crippen LogP contribution is 2.27. The number of hydrogen-bond donors (Lipinski definition) is 0. The zero-order valence-electron chi connectivity index (χ0n) is 25.7. The zero-order chi connectivity index (χ0) is 29.4. The Balaban J connectivity index is 0.000000395. The first-order chi connectivity index (χ1) is 19.1. The molecule has 3 rings (SSSR count). The van der Waals surface area contributed by atoms with E-state index >= 15 is 0 Å². The second kappa shape index (κ2) is 17.5. The summed E-state index contributed by atoms with van der Waals surface area (Å²) in [4.78, 5) is 15.8. The third-order valence-corrected chi connectivity index (χ3v) is 6.37. The Bertz CT molecular complexity index is 1090. The molecule has 0 fully saturated rings. The summed E-state index contributed by atoms with van der Waals surface area (Å²) in [5.74, 6) is 3.12. The van der Waals surface area contributed by atoms with Gasteiger partial charge in [-0.05, 0) is 88.6 Å². The average molecular weight is 551 g/mol. The van der Waals surface area contributed by atoms with E-state index in [4.69, 9.17) is 14.0 Å². The van der Waals surface area contributed by atoms with Crippen molar-refractivity contribution in [1.82, 2.24) is 10.1 Å². The predicted molar refractivity (Wildman–Crippen MR) is 162 cm³/mol. The maximum Gasteiger partial charge on any atom is 0.306 e. The molecule has 0 amide bonds. The van der Waals surface area contributed by atoms with Crippen molar-refractivity contribution in [3.63, 3.8) is 0 Å². The molecule has 1 heterocycles. The molecule has 0 radical (unpaired) electrons. The van der Waals surface area contributed by atoms with Crippen molar-refractivity contribution in [3.8, 4) is 17.1 Å². The first-order valence-electron chi connectivity index (χ1n) is 14.9. The minimum absolute atomic E-state index is 0.0869. The molecule has 0 N–H and O–H groups in total.